The molecule has 0 bridgehead atoms. The Balaban J connectivity index is 1.72. The predicted molar refractivity (Wildman–Crippen MR) is 112 cm³/mol. The van der Waals surface area contributed by atoms with Crippen LogP contribution in [0, 0.1) is 13.8 Å². The average molecular weight is 396 g/mol. The van der Waals surface area contributed by atoms with Gasteiger partial charge in [0, 0.05) is 42.4 Å². The molecule has 0 saturated carbocycles. The van der Waals surface area contributed by atoms with Crippen molar-refractivity contribution in [1.29, 1.82) is 0 Å². The van der Waals surface area contributed by atoms with Gasteiger partial charge >= 0.3 is 0 Å². The molecule has 0 aliphatic carbocycles. The zero-order valence-electron chi connectivity index (χ0n) is 16.1. The highest BCUT2D eigenvalue weighted by atomic mass is 35.5. The van der Waals surface area contributed by atoms with Crippen molar-refractivity contribution in [3.63, 3.8) is 0 Å². The van der Waals surface area contributed by atoms with Crippen molar-refractivity contribution in [2.75, 3.05) is 23.8 Å². The van der Waals surface area contributed by atoms with Crippen molar-refractivity contribution < 1.29 is 4.79 Å². The average Bonchev–Trinajstić information content (AvgIpc) is 2.69. The van der Waals surface area contributed by atoms with Gasteiger partial charge in [0.2, 0.25) is 5.95 Å². The SMILES string of the molecule is Cc1cc(C(=O)Nc2ccc(C)c(Cl)c2)nc(N(C)CCc2ccncc2)n1. The maximum Gasteiger partial charge on any atom is 0.274 e. The van der Waals surface area contributed by atoms with Gasteiger partial charge in [-0.25, -0.2) is 9.97 Å². The molecular weight excluding hydrogens is 374 g/mol. The van der Waals surface area contributed by atoms with Gasteiger partial charge in [-0.15, -0.1) is 0 Å². The number of halogens is 1. The first-order chi connectivity index (χ1) is 13.4. The van der Waals surface area contributed by atoms with Crippen LogP contribution in [0.3, 0.4) is 0 Å². The Morgan fingerprint density at radius 1 is 1.11 bits per heavy atom. The summed E-state index contributed by atoms with van der Waals surface area (Å²) in [5.74, 6) is 0.218. The molecule has 144 valence electrons. The first-order valence-corrected chi connectivity index (χ1v) is 9.33. The zero-order chi connectivity index (χ0) is 20.1. The van der Waals surface area contributed by atoms with Gasteiger partial charge in [0.05, 0.1) is 0 Å². The molecule has 0 aliphatic heterocycles. The van der Waals surface area contributed by atoms with E-state index in [1.807, 2.05) is 50.1 Å². The molecule has 3 aromatic rings. The number of hydrogen-bond donors (Lipinski definition) is 1. The summed E-state index contributed by atoms with van der Waals surface area (Å²) in [5.41, 5.74) is 3.81. The molecule has 6 nitrogen and oxygen atoms in total. The van der Waals surface area contributed by atoms with E-state index >= 15 is 0 Å². The Hall–Kier alpha value is -2.99. The fourth-order valence-electron chi connectivity index (χ4n) is 2.65. The van der Waals surface area contributed by atoms with Crippen LogP contribution < -0.4 is 10.2 Å². The van der Waals surface area contributed by atoms with Gasteiger partial charge in [0.1, 0.15) is 5.69 Å². The van der Waals surface area contributed by atoms with Crippen LogP contribution in [-0.4, -0.2) is 34.5 Å². The molecule has 1 aromatic carbocycles. The molecule has 0 spiro atoms. The number of benzene rings is 1. The smallest absolute Gasteiger partial charge is 0.274 e. The van der Waals surface area contributed by atoms with E-state index in [0.717, 1.165) is 24.2 Å². The Morgan fingerprint density at radius 3 is 2.57 bits per heavy atom. The molecule has 1 amide bonds. The number of hydrogen-bond acceptors (Lipinski definition) is 5. The van der Waals surface area contributed by atoms with Crippen LogP contribution in [0.15, 0.2) is 48.8 Å². The lowest BCUT2D eigenvalue weighted by atomic mass is 10.2. The Bertz CT molecular complexity index is 978. The van der Waals surface area contributed by atoms with Crippen molar-refractivity contribution in [3.8, 4) is 0 Å². The van der Waals surface area contributed by atoms with E-state index in [1.165, 1.54) is 5.56 Å². The number of aryl methyl sites for hydroxylation is 2. The molecule has 0 saturated heterocycles. The summed E-state index contributed by atoms with van der Waals surface area (Å²) in [4.78, 5) is 27.5. The lowest BCUT2D eigenvalue weighted by molar-refractivity contribution is 0.102. The van der Waals surface area contributed by atoms with Crippen molar-refractivity contribution in [2.24, 2.45) is 0 Å². The number of anilines is 2. The van der Waals surface area contributed by atoms with Crippen LogP contribution in [0.1, 0.15) is 27.3 Å². The lowest BCUT2D eigenvalue weighted by Gasteiger charge is -2.18. The summed E-state index contributed by atoms with van der Waals surface area (Å²) < 4.78 is 0. The quantitative estimate of drug-likeness (QED) is 0.681. The first kappa shape index (κ1) is 19.8. The minimum atomic E-state index is -0.297. The normalized spacial score (nSPS) is 10.6. The monoisotopic (exact) mass is 395 g/mol. The molecule has 0 unspecified atom stereocenters. The van der Waals surface area contributed by atoms with Gasteiger partial charge in [0.25, 0.3) is 5.91 Å². The van der Waals surface area contributed by atoms with Crippen LogP contribution in [0.2, 0.25) is 5.02 Å². The number of amides is 1. The number of nitrogens with zero attached hydrogens (tertiary/aromatic N) is 4. The maximum atomic E-state index is 12.6. The molecule has 28 heavy (non-hydrogen) atoms. The van der Waals surface area contributed by atoms with E-state index in [4.69, 9.17) is 11.6 Å². The third-order valence-electron chi connectivity index (χ3n) is 4.33. The summed E-state index contributed by atoms with van der Waals surface area (Å²) in [7, 11) is 1.91. The number of nitrogens with one attached hydrogen (secondary N) is 1. The zero-order valence-corrected chi connectivity index (χ0v) is 16.9. The van der Waals surface area contributed by atoms with Gasteiger partial charge in [-0.3, -0.25) is 9.78 Å². The van der Waals surface area contributed by atoms with Crippen LogP contribution in [0.5, 0.6) is 0 Å². The summed E-state index contributed by atoms with van der Waals surface area (Å²) in [6.45, 7) is 4.49. The molecule has 7 heteroatoms. The van der Waals surface area contributed by atoms with Crippen molar-refractivity contribution in [3.05, 3.63) is 76.3 Å². The van der Waals surface area contributed by atoms with Crippen LogP contribution >= 0.6 is 11.6 Å². The molecule has 0 radical (unpaired) electrons. The Morgan fingerprint density at radius 2 is 1.86 bits per heavy atom. The van der Waals surface area contributed by atoms with Crippen LogP contribution in [-0.2, 0) is 6.42 Å². The number of carbonyl (C=O) groups is 1. The highest BCUT2D eigenvalue weighted by Crippen LogP contribution is 2.20. The lowest BCUT2D eigenvalue weighted by Crippen LogP contribution is -2.24. The highest BCUT2D eigenvalue weighted by molar-refractivity contribution is 6.31. The topological polar surface area (TPSA) is 71.0 Å². The third-order valence-corrected chi connectivity index (χ3v) is 4.74. The summed E-state index contributed by atoms with van der Waals surface area (Å²) in [5, 5.41) is 3.44. The molecule has 3 rings (SSSR count). The van der Waals surface area contributed by atoms with Gasteiger partial charge in [-0.05, 0) is 61.7 Å². The van der Waals surface area contributed by atoms with Crippen molar-refractivity contribution >= 4 is 29.1 Å². The number of aromatic nitrogens is 3. The predicted octanol–water partition coefficient (Wildman–Crippen LogP) is 4.07. The van der Waals surface area contributed by atoms with Crippen molar-refractivity contribution in [1.82, 2.24) is 15.0 Å². The van der Waals surface area contributed by atoms with E-state index in [-0.39, 0.29) is 5.91 Å². The molecule has 1 N–H and O–H groups in total. The largest absolute Gasteiger partial charge is 0.344 e. The van der Waals surface area contributed by atoms with E-state index in [9.17, 15) is 4.79 Å². The third kappa shape index (κ3) is 5.04. The second-order valence-electron chi connectivity index (χ2n) is 6.64. The molecule has 2 heterocycles. The molecule has 0 fully saturated rings. The minimum absolute atomic E-state index is 0.297. The number of pyridine rings is 1. The van der Waals surface area contributed by atoms with E-state index in [1.54, 1.807) is 24.5 Å². The summed E-state index contributed by atoms with van der Waals surface area (Å²) in [6.07, 6.45) is 4.39. The Kier molecular flexibility index (Phi) is 6.21. The Labute approximate surface area is 169 Å². The van der Waals surface area contributed by atoms with Gasteiger partial charge in [-0.2, -0.15) is 0 Å². The van der Waals surface area contributed by atoms with E-state index < -0.39 is 0 Å². The highest BCUT2D eigenvalue weighted by Gasteiger charge is 2.14. The first-order valence-electron chi connectivity index (χ1n) is 8.95. The molecule has 2 aromatic heterocycles. The fraction of sp³-hybridized carbons (Fsp3) is 0.238. The fourth-order valence-corrected chi connectivity index (χ4v) is 2.83. The second-order valence-corrected chi connectivity index (χ2v) is 7.05. The molecular formula is C21H22ClN5O. The second kappa shape index (κ2) is 8.80. The molecule has 0 aliphatic rings. The minimum Gasteiger partial charge on any atom is -0.344 e. The van der Waals surface area contributed by atoms with Crippen molar-refractivity contribution in [2.45, 2.75) is 20.3 Å². The number of carbonyl (C=O) groups excluding carboxylic acids is 1. The van der Waals surface area contributed by atoms with Gasteiger partial charge in [-0.1, -0.05) is 17.7 Å². The number of likely N-dealkylation sites (N-methyl/N-ethyl adjacent to an activating group) is 1. The van der Waals surface area contributed by atoms with Crippen LogP contribution in [0.4, 0.5) is 11.6 Å². The van der Waals surface area contributed by atoms with E-state index in [2.05, 4.69) is 20.3 Å². The molecule has 0 atom stereocenters. The summed E-state index contributed by atoms with van der Waals surface area (Å²) >= 11 is 6.13. The summed E-state index contributed by atoms with van der Waals surface area (Å²) in [6, 6.07) is 11.0. The van der Waals surface area contributed by atoms with Gasteiger partial charge < -0.3 is 10.2 Å². The van der Waals surface area contributed by atoms with E-state index in [0.29, 0.717) is 22.4 Å². The van der Waals surface area contributed by atoms with Gasteiger partial charge in [0.15, 0.2) is 0 Å². The number of rotatable bonds is 6. The maximum absolute atomic E-state index is 12.6. The van der Waals surface area contributed by atoms with Crippen LogP contribution in [0.25, 0.3) is 0 Å². The standard InChI is InChI=1S/C21H22ClN5O/c1-14-4-5-17(13-18(14)22)25-20(28)19-12-15(2)24-21(26-19)27(3)11-8-16-6-9-23-10-7-16/h4-7,9-10,12-13H,8,11H2,1-3H3,(H,25,28).